The number of amides is 1. The zero-order valence-electron chi connectivity index (χ0n) is 8.20. The van der Waals surface area contributed by atoms with Gasteiger partial charge in [-0.1, -0.05) is 28.1 Å². The van der Waals surface area contributed by atoms with Gasteiger partial charge in [0, 0.05) is 11.5 Å². The summed E-state index contributed by atoms with van der Waals surface area (Å²) in [7, 11) is 1.67. The lowest BCUT2D eigenvalue weighted by Gasteiger charge is -2.07. The lowest BCUT2D eigenvalue weighted by molar-refractivity contribution is -0.122. The summed E-state index contributed by atoms with van der Waals surface area (Å²) in [6.07, 6.45) is 0. The van der Waals surface area contributed by atoms with E-state index in [1.807, 2.05) is 24.3 Å². The number of carbonyl (C=O) groups is 1. The van der Waals surface area contributed by atoms with E-state index in [9.17, 15) is 9.90 Å². The quantitative estimate of drug-likeness (QED) is 0.848. The van der Waals surface area contributed by atoms with Crippen molar-refractivity contribution in [3.05, 3.63) is 40.1 Å². The molecule has 1 amide bonds. The number of halogens is 1. The minimum absolute atomic E-state index is 0.130. The maximum absolute atomic E-state index is 11.7. The maximum atomic E-state index is 11.7. The van der Waals surface area contributed by atoms with Crippen molar-refractivity contribution < 1.29 is 9.90 Å². The minimum Gasteiger partial charge on any atom is -0.510 e. The Balaban J connectivity index is 2.43. The average Bonchev–Trinajstić information content (AvgIpc) is 2.44. The highest BCUT2D eigenvalue weighted by molar-refractivity contribution is 9.10. The fraction of sp³-hybridized carbons (Fsp3) is 0.182. The first-order valence-electron chi connectivity index (χ1n) is 4.53. The minimum atomic E-state index is -0.130. The van der Waals surface area contributed by atoms with Crippen molar-refractivity contribution in [3.63, 3.8) is 0 Å². The monoisotopic (exact) mass is 267 g/mol. The molecule has 0 bridgehead atoms. The molecule has 0 saturated heterocycles. The Morgan fingerprint density at radius 3 is 2.40 bits per heavy atom. The van der Waals surface area contributed by atoms with E-state index < -0.39 is 0 Å². The van der Waals surface area contributed by atoms with E-state index in [-0.39, 0.29) is 11.7 Å². The van der Waals surface area contributed by atoms with Crippen LogP contribution >= 0.6 is 15.9 Å². The molecule has 0 fully saturated rings. The van der Waals surface area contributed by atoms with Crippen LogP contribution < -0.4 is 0 Å². The smallest absolute Gasteiger partial charge is 0.258 e. The molecule has 0 spiro atoms. The molecule has 0 unspecified atom stereocenters. The number of hydrogen-bond acceptors (Lipinski definition) is 2. The largest absolute Gasteiger partial charge is 0.510 e. The van der Waals surface area contributed by atoms with Crippen LogP contribution in [0.25, 0.3) is 5.57 Å². The van der Waals surface area contributed by atoms with Crippen LogP contribution in [0, 0.1) is 0 Å². The van der Waals surface area contributed by atoms with Crippen molar-refractivity contribution in [2.45, 2.75) is 0 Å². The number of nitrogens with zero attached hydrogens (tertiary/aromatic N) is 1. The van der Waals surface area contributed by atoms with E-state index in [2.05, 4.69) is 15.9 Å². The van der Waals surface area contributed by atoms with Crippen molar-refractivity contribution in [2.75, 3.05) is 13.6 Å². The van der Waals surface area contributed by atoms with Crippen molar-refractivity contribution in [3.8, 4) is 0 Å². The van der Waals surface area contributed by atoms with Crippen LogP contribution in [0.4, 0.5) is 0 Å². The molecule has 1 aromatic rings. The van der Waals surface area contributed by atoms with Gasteiger partial charge >= 0.3 is 0 Å². The summed E-state index contributed by atoms with van der Waals surface area (Å²) in [4.78, 5) is 13.2. The van der Waals surface area contributed by atoms with Crippen molar-refractivity contribution in [1.82, 2.24) is 4.90 Å². The van der Waals surface area contributed by atoms with Gasteiger partial charge in [0.05, 0.1) is 12.1 Å². The predicted octanol–water partition coefficient (Wildman–Crippen LogP) is 2.19. The Morgan fingerprint density at radius 2 is 1.93 bits per heavy atom. The molecule has 4 heteroatoms. The molecule has 1 N–H and O–H groups in total. The predicted molar refractivity (Wildman–Crippen MR) is 61.3 cm³/mol. The molecule has 2 rings (SSSR count). The summed E-state index contributed by atoms with van der Waals surface area (Å²) in [5.74, 6) is 0.0136. The van der Waals surface area contributed by atoms with E-state index >= 15 is 0 Å². The Bertz CT molecular complexity index is 436. The first-order valence-corrected chi connectivity index (χ1v) is 5.32. The summed E-state index contributed by atoms with van der Waals surface area (Å²) in [6, 6.07) is 7.32. The standard InChI is InChI=1S/C11H10BrNO2/c1-13-6-9(14)10(11(13)15)7-2-4-8(12)5-3-7/h2-5,14H,6H2,1H3. The average molecular weight is 268 g/mol. The number of aliphatic hydroxyl groups excluding tert-OH is 1. The fourth-order valence-electron chi connectivity index (χ4n) is 1.60. The number of rotatable bonds is 1. The second-order valence-electron chi connectivity index (χ2n) is 3.49. The van der Waals surface area contributed by atoms with Gasteiger partial charge in [0.2, 0.25) is 0 Å². The molecular formula is C11H10BrNO2. The van der Waals surface area contributed by atoms with Crippen molar-refractivity contribution >= 4 is 27.4 Å². The first-order chi connectivity index (χ1) is 7.09. The second-order valence-corrected chi connectivity index (χ2v) is 4.41. The van der Waals surface area contributed by atoms with Gasteiger partial charge in [-0.3, -0.25) is 4.79 Å². The number of likely N-dealkylation sites (N-methyl/N-ethyl adjacent to an activating group) is 1. The number of benzene rings is 1. The van der Waals surface area contributed by atoms with Crippen molar-refractivity contribution in [2.24, 2.45) is 0 Å². The highest BCUT2D eigenvalue weighted by Crippen LogP contribution is 2.26. The summed E-state index contributed by atoms with van der Waals surface area (Å²) in [5.41, 5.74) is 1.16. The van der Waals surface area contributed by atoms with Crippen LogP contribution in [0.3, 0.4) is 0 Å². The third-order valence-electron chi connectivity index (χ3n) is 2.37. The molecule has 15 heavy (non-hydrogen) atoms. The van der Waals surface area contributed by atoms with Gasteiger partial charge in [0.25, 0.3) is 5.91 Å². The van der Waals surface area contributed by atoms with Crippen LogP contribution in [-0.2, 0) is 4.79 Å². The normalized spacial score (nSPS) is 16.4. The topological polar surface area (TPSA) is 40.5 Å². The summed E-state index contributed by atoms with van der Waals surface area (Å²) in [6.45, 7) is 0.296. The molecule has 0 aliphatic carbocycles. The molecule has 0 radical (unpaired) electrons. The zero-order valence-corrected chi connectivity index (χ0v) is 9.78. The molecule has 78 valence electrons. The van der Waals surface area contributed by atoms with Crippen molar-refractivity contribution in [1.29, 1.82) is 0 Å². The van der Waals surface area contributed by atoms with E-state index in [1.54, 1.807) is 7.05 Å². The molecule has 0 atom stereocenters. The highest BCUT2D eigenvalue weighted by atomic mass is 79.9. The van der Waals surface area contributed by atoms with E-state index in [4.69, 9.17) is 0 Å². The summed E-state index contributed by atoms with van der Waals surface area (Å²) < 4.78 is 0.949. The van der Waals surface area contributed by atoms with Gasteiger partial charge in [0.15, 0.2) is 0 Å². The lowest BCUT2D eigenvalue weighted by atomic mass is 10.1. The summed E-state index contributed by atoms with van der Waals surface area (Å²) in [5, 5.41) is 9.66. The molecule has 1 heterocycles. The van der Waals surface area contributed by atoms with E-state index in [0.717, 1.165) is 10.0 Å². The Morgan fingerprint density at radius 1 is 1.33 bits per heavy atom. The molecule has 3 nitrogen and oxygen atoms in total. The summed E-state index contributed by atoms with van der Waals surface area (Å²) >= 11 is 3.32. The van der Waals surface area contributed by atoms with E-state index in [0.29, 0.717) is 12.1 Å². The molecular weight excluding hydrogens is 258 g/mol. The molecule has 1 aromatic carbocycles. The second kappa shape index (κ2) is 3.70. The van der Waals surface area contributed by atoms with Crippen LogP contribution in [0.15, 0.2) is 34.5 Å². The first kappa shape index (κ1) is 10.2. The molecule has 1 aliphatic rings. The molecule has 1 aliphatic heterocycles. The van der Waals surface area contributed by atoms with Crippen LogP contribution in [0.2, 0.25) is 0 Å². The maximum Gasteiger partial charge on any atom is 0.258 e. The van der Waals surface area contributed by atoms with E-state index in [1.165, 1.54) is 4.90 Å². The van der Waals surface area contributed by atoms with Gasteiger partial charge in [-0.25, -0.2) is 0 Å². The van der Waals surface area contributed by atoms with Gasteiger partial charge in [-0.15, -0.1) is 0 Å². The van der Waals surface area contributed by atoms with Crippen LogP contribution in [-0.4, -0.2) is 29.5 Å². The number of carbonyl (C=O) groups excluding carboxylic acids is 1. The highest BCUT2D eigenvalue weighted by Gasteiger charge is 2.28. The van der Waals surface area contributed by atoms with Gasteiger partial charge in [-0.2, -0.15) is 0 Å². The van der Waals surface area contributed by atoms with Gasteiger partial charge in [-0.05, 0) is 17.7 Å². The lowest BCUT2D eigenvalue weighted by Crippen LogP contribution is -2.21. The SMILES string of the molecule is CN1CC(O)=C(c2ccc(Br)cc2)C1=O. The van der Waals surface area contributed by atoms with Gasteiger partial charge < -0.3 is 10.0 Å². The Labute approximate surface area is 96.1 Å². The number of hydrogen-bond donors (Lipinski definition) is 1. The Kier molecular flexibility index (Phi) is 2.52. The van der Waals surface area contributed by atoms with Gasteiger partial charge in [0.1, 0.15) is 5.76 Å². The van der Waals surface area contributed by atoms with Crippen LogP contribution in [0.5, 0.6) is 0 Å². The third kappa shape index (κ3) is 1.77. The van der Waals surface area contributed by atoms with Crippen LogP contribution in [0.1, 0.15) is 5.56 Å². The third-order valence-corrected chi connectivity index (χ3v) is 2.90. The zero-order chi connectivity index (χ0) is 11.0. The number of aliphatic hydroxyl groups is 1. The molecule has 0 aromatic heterocycles. The fourth-order valence-corrected chi connectivity index (χ4v) is 1.86. The Hall–Kier alpha value is -1.29. The molecule has 0 saturated carbocycles.